The zero-order valence-electron chi connectivity index (χ0n) is 11.8. The van der Waals surface area contributed by atoms with Crippen LogP contribution in [0.15, 0.2) is 29.2 Å². The van der Waals surface area contributed by atoms with E-state index in [1.807, 2.05) is 23.9 Å². The van der Waals surface area contributed by atoms with Crippen LogP contribution < -0.4 is 10.0 Å². The second-order valence-electron chi connectivity index (χ2n) is 4.45. The van der Waals surface area contributed by atoms with E-state index in [9.17, 15) is 8.42 Å². The first-order chi connectivity index (χ1) is 8.90. The quantitative estimate of drug-likeness (QED) is 0.809. The maximum absolute atomic E-state index is 11.6. The van der Waals surface area contributed by atoms with Crippen LogP contribution in [-0.2, 0) is 10.0 Å². The molecule has 0 bridgehead atoms. The summed E-state index contributed by atoms with van der Waals surface area (Å²) < 4.78 is 25.5. The van der Waals surface area contributed by atoms with Gasteiger partial charge in [-0.15, -0.1) is 0 Å². The second-order valence-corrected chi connectivity index (χ2v) is 7.62. The number of sulfonamides is 1. The predicted octanol–water partition coefficient (Wildman–Crippen LogP) is 2.00. The van der Waals surface area contributed by atoms with E-state index in [2.05, 4.69) is 30.1 Å². The number of hydrogen-bond donors (Lipinski definition) is 2. The van der Waals surface area contributed by atoms with E-state index < -0.39 is 10.0 Å². The van der Waals surface area contributed by atoms with E-state index in [1.165, 1.54) is 7.05 Å². The Hall–Kier alpha value is -0.560. The Kier molecular flexibility index (Phi) is 6.32. The van der Waals surface area contributed by atoms with Crippen LogP contribution in [0.2, 0.25) is 0 Å². The smallest absolute Gasteiger partial charge is 0.240 e. The summed E-state index contributed by atoms with van der Waals surface area (Å²) in [6.07, 6.45) is 2.09. The standard InChI is InChI=1S/C13H22N2O2S2/c1-10(18-4)9-15-11(2)12-5-7-13(8-6-12)19(16,17)14-3/h5-8,10-11,14-15H,9H2,1-4H3/t10-,11-/m1/s1. The molecule has 0 aliphatic rings. The molecule has 2 atom stereocenters. The van der Waals surface area contributed by atoms with Crippen molar-refractivity contribution in [1.29, 1.82) is 0 Å². The van der Waals surface area contributed by atoms with E-state index in [-0.39, 0.29) is 6.04 Å². The van der Waals surface area contributed by atoms with Gasteiger partial charge in [-0.3, -0.25) is 0 Å². The summed E-state index contributed by atoms with van der Waals surface area (Å²) in [5.41, 5.74) is 1.09. The van der Waals surface area contributed by atoms with Crippen molar-refractivity contribution >= 4 is 21.8 Å². The van der Waals surface area contributed by atoms with E-state index in [0.717, 1.165) is 12.1 Å². The molecule has 0 aliphatic heterocycles. The first-order valence-corrected chi connectivity index (χ1v) is 8.97. The number of rotatable bonds is 7. The molecule has 0 saturated carbocycles. The number of benzene rings is 1. The average molecular weight is 302 g/mol. The predicted molar refractivity (Wildman–Crippen MR) is 82.1 cm³/mol. The first-order valence-electron chi connectivity index (χ1n) is 6.20. The normalized spacial score (nSPS) is 15.2. The van der Waals surface area contributed by atoms with Gasteiger partial charge in [0.15, 0.2) is 0 Å². The zero-order chi connectivity index (χ0) is 14.5. The van der Waals surface area contributed by atoms with Gasteiger partial charge in [-0.05, 0) is 37.9 Å². The van der Waals surface area contributed by atoms with Crippen molar-refractivity contribution in [3.8, 4) is 0 Å². The Labute approximate surface area is 120 Å². The fourth-order valence-electron chi connectivity index (χ4n) is 1.60. The molecular formula is C13H22N2O2S2. The highest BCUT2D eigenvalue weighted by Crippen LogP contribution is 2.16. The Morgan fingerprint density at radius 2 is 1.79 bits per heavy atom. The van der Waals surface area contributed by atoms with Crippen molar-refractivity contribution in [3.63, 3.8) is 0 Å². The van der Waals surface area contributed by atoms with Crippen LogP contribution in [0.5, 0.6) is 0 Å². The van der Waals surface area contributed by atoms with Crippen molar-refractivity contribution < 1.29 is 8.42 Å². The zero-order valence-corrected chi connectivity index (χ0v) is 13.4. The molecule has 108 valence electrons. The summed E-state index contributed by atoms with van der Waals surface area (Å²) >= 11 is 1.82. The third-order valence-electron chi connectivity index (χ3n) is 3.07. The second kappa shape index (κ2) is 7.28. The van der Waals surface area contributed by atoms with Crippen LogP contribution >= 0.6 is 11.8 Å². The van der Waals surface area contributed by atoms with Crippen molar-refractivity contribution in [1.82, 2.24) is 10.0 Å². The monoisotopic (exact) mass is 302 g/mol. The maximum atomic E-state index is 11.6. The Balaban J connectivity index is 2.71. The van der Waals surface area contributed by atoms with Crippen molar-refractivity contribution in [2.24, 2.45) is 0 Å². The minimum Gasteiger partial charge on any atom is -0.309 e. The molecule has 0 amide bonds. The van der Waals surface area contributed by atoms with Gasteiger partial charge in [-0.1, -0.05) is 19.1 Å². The lowest BCUT2D eigenvalue weighted by Crippen LogP contribution is -2.25. The topological polar surface area (TPSA) is 58.2 Å². The van der Waals surface area contributed by atoms with Crippen molar-refractivity contribution in [3.05, 3.63) is 29.8 Å². The molecule has 2 N–H and O–H groups in total. The first kappa shape index (κ1) is 16.5. The van der Waals surface area contributed by atoms with Gasteiger partial charge >= 0.3 is 0 Å². The molecule has 0 unspecified atom stereocenters. The molecule has 6 heteroatoms. The molecule has 0 heterocycles. The summed E-state index contributed by atoms with van der Waals surface area (Å²) in [5.74, 6) is 0. The lowest BCUT2D eigenvalue weighted by atomic mass is 10.1. The molecule has 0 saturated heterocycles. The van der Waals surface area contributed by atoms with Gasteiger partial charge in [0.2, 0.25) is 10.0 Å². The summed E-state index contributed by atoms with van der Waals surface area (Å²) in [5, 5.41) is 4.00. The Bertz CT molecular complexity index is 486. The van der Waals surface area contributed by atoms with Gasteiger partial charge < -0.3 is 5.32 Å². The van der Waals surface area contributed by atoms with Crippen LogP contribution in [0.1, 0.15) is 25.5 Å². The maximum Gasteiger partial charge on any atom is 0.240 e. The fraction of sp³-hybridized carbons (Fsp3) is 0.538. The average Bonchev–Trinajstić information content (AvgIpc) is 2.44. The molecule has 1 rings (SSSR count). The van der Waals surface area contributed by atoms with E-state index in [1.54, 1.807) is 12.1 Å². The highest BCUT2D eigenvalue weighted by Gasteiger charge is 2.12. The van der Waals surface area contributed by atoms with Gasteiger partial charge in [0.05, 0.1) is 4.90 Å². The molecule has 0 spiro atoms. The van der Waals surface area contributed by atoms with E-state index >= 15 is 0 Å². The minimum absolute atomic E-state index is 0.209. The van der Waals surface area contributed by atoms with Crippen LogP contribution in [-0.4, -0.2) is 33.5 Å². The number of nitrogens with one attached hydrogen (secondary N) is 2. The van der Waals surface area contributed by atoms with Crippen LogP contribution in [0, 0.1) is 0 Å². The van der Waals surface area contributed by atoms with Crippen LogP contribution in [0.25, 0.3) is 0 Å². The van der Waals surface area contributed by atoms with E-state index in [4.69, 9.17) is 0 Å². The summed E-state index contributed by atoms with van der Waals surface area (Å²) in [6.45, 7) is 5.18. The lowest BCUT2D eigenvalue weighted by molar-refractivity contribution is 0.574. The molecule has 0 aliphatic carbocycles. The van der Waals surface area contributed by atoms with Gasteiger partial charge in [0.25, 0.3) is 0 Å². The van der Waals surface area contributed by atoms with Crippen LogP contribution in [0.3, 0.4) is 0 Å². The SMILES string of the molecule is CNS(=O)(=O)c1ccc([C@@H](C)NC[C@@H](C)SC)cc1. The number of thioether (sulfide) groups is 1. The molecule has 1 aromatic rings. The summed E-state index contributed by atoms with van der Waals surface area (Å²) in [7, 11) is -1.93. The molecule has 19 heavy (non-hydrogen) atoms. The molecule has 4 nitrogen and oxygen atoms in total. The Morgan fingerprint density at radius 1 is 1.21 bits per heavy atom. The van der Waals surface area contributed by atoms with Gasteiger partial charge in [-0.2, -0.15) is 11.8 Å². The molecule has 0 radical (unpaired) electrons. The molecule has 0 aromatic heterocycles. The highest BCUT2D eigenvalue weighted by molar-refractivity contribution is 7.99. The molecule has 0 fully saturated rings. The fourth-order valence-corrected chi connectivity index (χ4v) is 2.59. The summed E-state index contributed by atoms with van der Waals surface area (Å²) in [6, 6.07) is 7.19. The van der Waals surface area contributed by atoms with Crippen molar-refractivity contribution in [2.75, 3.05) is 19.8 Å². The van der Waals surface area contributed by atoms with Gasteiger partial charge in [-0.25, -0.2) is 13.1 Å². The van der Waals surface area contributed by atoms with E-state index in [0.29, 0.717) is 10.1 Å². The largest absolute Gasteiger partial charge is 0.309 e. The van der Waals surface area contributed by atoms with Gasteiger partial charge in [0.1, 0.15) is 0 Å². The van der Waals surface area contributed by atoms with Crippen molar-refractivity contribution in [2.45, 2.75) is 30.0 Å². The highest BCUT2D eigenvalue weighted by atomic mass is 32.2. The minimum atomic E-state index is -3.34. The summed E-state index contributed by atoms with van der Waals surface area (Å²) in [4.78, 5) is 0.295. The van der Waals surface area contributed by atoms with Gasteiger partial charge in [0, 0.05) is 17.8 Å². The molecule has 1 aromatic carbocycles. The van der Waals surface area contributed by atoms with Crippen LogP contribution in [0.4, 0.5) is 0 Å². The lowest BCUT2D eigenvalue weighted by Gasteiger charge is -2.17. The third-order valence-corrected chi connectivity index (χ3v) is 5.47. The molecular weight excluding hydrogens is 280 g/mol. The Morgan fingerprint density at radius 3 is 2.26 bits per heavy atom. The third kappa shape index (κ3) is 4.80. The number of hydrogen-bond acceptors (Lipinski definition) is 4.